The zero-order chi connectivity index (χ0) is 19.6. The number of aromatic nitrogens is 2. The molecule has 9 heteroatoms. The normalized spacial score (nSPS) is 11.3. The van der Waals surface area contributed by atoms with E-state index in [0.29, 0.717) is 0 Å². The van der Waals surface area contributed by atoms with Crippen LogP contribution in [0.15, 0.2) is 53.4 Å². The van der Waals surface area contributed by atoms with E-state index in [9.17, 15) is 17.2 Å². The molecular weight excluding hydrogens is 374 g/mol. The minimum absolute atomic E-state index is 0.0124. The van der Waals surface area contributed by atoms with Gasteiger partial charge in [0.15, 0.2) is 11.6 Å². The molecule has 0 radical (unpaired) electrons. The Labute approximate surface area is 155 Å². The molecule has 0 saturated carbocycles. The summed E-state index contributed by atoms with van der Waals surface area (Å²) in [7, 11) is -3.81. The fraction of sp³-hybridized carbons (Fsp3) is 0.111. The van der Waals surface area contributed by atoms with Crippen molar-refractivity contribution in [2.45, 2.75) is 18.7 Å². The molecule has 2 N–H and O–H groups in total. The molecule has 0 amide bonds. The van der Waals surface area contributed by atoms with Crippen LogP contribution < -0.4 is 10.0 Å². The van der Waals surface area contributed by atoms with E-state index in [1.807, 2.05) is 13.8 Å². The van der Waals surface area contributed by atoms with E-state index in [4.69, 9.17) is 0 Å². The van der Waals surface area contributed by atoms with E-state index >= 15 is 0 Å². The highest BCUT2D eigenvalue weighted by Gasteiger charge is 2.16. The van der Waals surface area contributed by atoms with Crippen molar-refractivity contribution in [2.75, 3.05) is 10.0 Å². The summed E-state index contributed by atoms with van der Waals surface area (Å²) in [6.07, 6.45) is 0. The molecule has 0 aliphatic carbocycles. The molecule has 140 valence electrons. The van der Waals surface area contributed by atoms with E-state index in [-0.39, 0.29) is 22.2 Å². The summed E-state index contributed by atoms with van der Waals surface area (Å²) in [5.41, 5.74) is 1.86. The summed E-state index contributed by atoms with van der Waals surface area (Å²) < 4.78 is 53.8. The summed E-state index contributed by atoms with van der Waals surface area (Å²) >= 11 is 0. The molecule has 0 saturated heterocycles. The molecule has 0 fully saturated rings. The number of aryl methyl sites for hydroxylation is 2. The Kier molecular flexibility index (Phi) is 5.04. The van der Waals surface area contributed by atoms with Crippen LogP contribution in [0.1, 0.15) is 11.1 Å². The van der Waals surface area contributed by atoms with E-state index in [1.165, 1.54) is 24.3 Å². The van der Waals surface area contributed by atoms with Crippen molar-refractivity contribution >= 4 is 27.3 Å². The number of rotatable bonds is 5. The number of benzene rings is 2. The molecule has 1 aromatic heterocycles. The molecule has 0 aliphatic heterocycles. The van der Waals surface area contributed by atoms with Crippen molar-refractivity contribution in [3.8, 4) is 0 Å². The van der Waals surface area contributed by atoms with Gasteiger partial charge in [-0.15, -0.1) is 10.2 Å². The largest absolute Gasteiger partial charge is 0.336 e. The first-order chi connectivity index (χ1) is 12.7. The topological polar surface area (TPSA) is 84.0 Å². The summed E-state index contributed by atoms with van der Waals surface area (Å²) in [6, 6.07) is 10.7. The van der Waals surface area contributed by atoms with Gasteiger partial charge in [0.25, 0.3) is 10.0 Å². The minimum atomic E-state index is -3.81. The molecule has 27 heavy (non-hydrogen) atoms. The van der Waals surface area contributed by atoms with Gasteiger partial charge in [0.05, 0.1) is 10.6 Å². The standard InChI is InChI=1S/C18H16F2N4O2S/c1-11-3-5-14(9-12(11)2)27(25,26)24-18-8-7-17(22-23-18)21-16-6-4-13(19)10-15(16)20/h3-10H,1-2H3,(H,21,22)(H,23,24). The molecule has 0 aliphatic rings. The zero-order valence-corrected chi connectivity index (χ0v) is 15.3. The van der Waals surface area contributed by atoms with Crippen molar-refractivity contribution < 1.29 is 17.2 Å². The quantitative estimate of drug-likeness (QED) is 0.690. The third kappa shape index (κ3) is 4.37. The van der Waals surface area contributed by atoms with Gasteiger partial charge in [-0.3, -0.25) is 4.72 Å². The van der Waals surface area contributed by atoms with Gasteiger partial charge in [-0.05, 0) is 61.4 Å². The van der Waals surface area contributed by atoms with Gasteiger partial charge >= 0.3 is 0 Å². The Balaban J connectivity index is 1.76. The van der Waals surface area contributed by atoms with E-state index < -0.39 is 21.7 Å². The smallest absolute Gasteiger partial charge is 0.263 e. The number of nitrogens with one attached hydrogen (secondary N) is 2. The molecule has 3 aromatic rings. The number of nitrogens with zero attached hydrogens (tertiary/aromatic N) is 2. The van der Waals surface area contributed by atoms with Crippen LogP contribution in [0.5, 0.6) is 0 Å². The van der Waals surface area contributed by atoms with Crippen LogP contribution >= 0.6 is 0 Å². The number of sulfonamides is 1. The summed E-state index contributed by atoms with van der Waals surface area (Å²) in [5, 5.41) is 10.2. The molecule has 2 aromatic carbocycles. The van der Waals surface area contributed by atoms with Gasteiger partial charge in [0, 0.05) is 6.07 Å². The second kappa shape index (κ2) is 7.28. The minimum Gasteiger partial charge on any atom is -0.336 e. The molecule has 6 nitrogen and oxygen atoms in total. The predicted octanol–water partition coefficient (Wildman–Crippen LogP) is 3.92. The molecule has 0 atom stereocenters. The first-order valence-corrected chi connectivity index (χ1v) is 9.39. The van der Waals surface area contributed by atoms with Gasteiger partial charge in [0.1, 0.15) is 11.6 Å². The fourth-order valence-corrected chi connectivity index (χ4v) is 3.34. The molecule has 3 rings (SSSR count). The van der Waals surface area contributed by atoms with Crippen LogP contribution in [0.4, 0.5) is 26.1 Å². The number of halogens is 2. The Bertz CT molecular complexity index is 1090. The van der Waals surface area contributed by atoms with Gasteiger partial charge in [-0.1, -0.05) is 6.07 Å². The van der Waals surface area contributed by atoms with Crippen LogP contribution in [0.2, 0.25) is 0 Å². The van der Waals surface area contributed by atoms with Gasteiger partial charge in [0.2, 0.25) is 0 Å². The van der Waals surface area contributed by atoms with Crippen LogP contribution in [0.25, 0.3) is 0 Å². The Morgan fingerprint density at radius 3 is 2.19 bits per heavy atom. The lowest BCUT2D eigenvalue weighted by molar-refractivity contribution is 0.586. The average Bonchev–Trinajstić information content (AvgIpc) is 2.61. The van der Waals surface area contributed by atoms with Gasteiger partial charge in [-0.2, -0.15) is 0 Å². The second-order valence-corrected chi connectivity index (χ2v) is 7.59. The lowest BCUT2D eigenvalue weighted by Gasteiger charge is -2.10. The molecule has 0 spiro atoms. The lowest BCUT2D eigenvalue weighted by atomic mass is 10.1. The SMILES string of the molecule is Cc1ccc(S(=O)(=O)Nc2ccc(Nc3ccc(F)cc3F)nn2)cc1C. The molecular formula is C18H16F2N4O2S. The predicted molar refractivity (Wildman–Crippen MR) is 98.4 cm³/mol. The summed E-state index contributed by atoms with van der Waals surface area (Å²) in [6.45, 7) is 3.71. The van der Waals surface area contributed by atoms with E-state index in [0.717, 1.165) is 23.3 Å². The van der Waals surface area contributed by atoms with Crippen molar-refractivity contribution in [2.24, 2.45) is 0 Å². The second-order valence-electron chi connectivity index (χ2n) is 5.90. The maximum atomic E-state index is 13.6. The van der Waals surface area contributed by atoms with Gasteiger partial charge < -0.3 is 5.32 Å². The third-order valence-corrected chi connectivity index (χ3v) is 5.24. The lowest BCUT2D eigenvalue weighted by Crippen LogP contribution is -2.14. The third-order valence-electron chi connectivity index (χ3n) is 3.89. The number of hydrogen-bond acceptors (Lipinski definition) is 5. The van der Waals surface area contributed by atoms with Crippen molar-refractivity contribution in [3.63, 3.8) is 0 Å². The maximum absolute atomic E-state index is 13.6. The van der Waals surface area contributed by atoms with E-state index in [1.54, 1.807) is 12.1 Å². The average molecular weight is 390 g/mol. The summed E-state index contributed by atoms with van der Waals surface area (Å²) in [4.78, 5) is 0.114. The van der Waals surface area contributed by atoms with Crippen LogP contribution in [0, 0.1) is 25.5 Å². The first kappa shape index (κ1) is 18.7. The molecule has 0 unspecified atom stereocenters. The highest BCUT2D eigenvalue weighted by molar-refractivity contribution is 7.92. The Hall–Kier alpha value is -3.07. The number of anilines is 3. The van der Waals surface area contributed by atoms with E-state index in [2.05, 4.69) is 20.2 Å². The highest BCUT2D eigenvalue weighted by Crippen LogP contribution is 2.21. The summed E-state index contributed by atoms with van der Waals surface area (Å²) in [5.74, 6) is -1.29. The Morgan fingerprint density at radius 2 is 1.56 bits per heavy atom. The van der Waals surface area contributed by atoms with Crippen LogP contribution in [-0.2, 0) is 10.0 Å². The van der Waals surface area contributed by atoms with Crippen LogP contribution in [-0.4, -0.2) is 18.6 Å². The maximum Gasteiger partial charge on any atom is 0.263 e. The fourth-order valence-electron chi connectivity index (χ4n) is 2.26. The highest BCUT2D eigenvalue weighted by atomic mass is 32.2. The van der Waals surface area contributed by atoms with Crippen molar-refractivity contribution in [1.29, 1.82) is 0 Å². The first-order valence-electron chi connectivity index (χ1n) is 7.90. The van der Waals surface area contributed by atoms with Gasteiger partial charge in [-0.25, -0.2) is 17.2 Å². The Morgan fingerprint density at radius 1 is 0.852 bits per heavy atom. The molecule has 1 heterocycles. The number of hydrogen-bond donors (Lipinski definition) is 2. The molecule has 0 bridgehead atoms. The van der Waals surface area contributed by atoms with Crippen LogP contribution in [0.3, 0.4) is 0 Å². The zero-order valence-electron chi connectivity index (χ0n) is 14.5. The van der Waals surface area contributed by atoms with Crippen molar-refractivity contribution in [3.05, 3.63) is 71.3 Å². The van der Waals surface area contributed by atoms with Crippen molar-refractivity contribution in [1.82, 2.24) is 10.2 Å². The monoisotopic (exact) mass is 390 g/mol.